The van der Waals surface area contributed by atoms with Crippen LogP contribution in [-0.2, 0) is 23.2 Å². The Morgan fingerprint density at radius 3 is 2.67 bits per heavy atom. The molecule has 1 heterocycles. The quantitative estimate of drug-likeness (QED) is 0.830. The lowest BCUT2D eigenvalue weighted by Gasteiger charge is -2.11. The third-order valence-corrected chi connectivity index (χ3v) is 5.03. The Morgan fingerprint density at radius 2 is 2.05 bits per heavy atom. The van der Waals surface area contributed by atoms with Crippen molar-refractivity contribution in [2.24, 2.45) is 0 Å². The Morgan fingerprint density at radius 1 is 1.29 bits per heavy atom. The van der Waals surface area contributed by atoms with Crippen LogP contribution < -0.4 is 4.72 Å². The summed E-state index contributed by atoms with van der Waals surface area (Å²) in [7, 11) is -3.79. The van der Waals surface area contributed by atoms with E-state index in [0.29, 0.717) is 12.1 Å². The maximum atomic E-state index is 12.2. The van der Waals surface area contributed by atoms with Crippen LogP contribution in [0, 0.1) is 0 Å². The molecule has 9 heteroatoms. The van der Waals surface area contributed by atoms with Crippen LogP contribution in [0.1, 0.15) is 5.56 Å². The van der Waals surface area contributed by atoms with E-state index < -0.39 is 10.0 Å². The Bertz CT molecular complexity index is 718. The third-order valence-electron chi connectivity index (χ3n) is 2.75. The van der Waals surface area contributed by atoms with Gasteiger partial charge in [0.2, 0.25) is 10.0 Å². The Labute approximate surface area is 132 Å². The molecule has 0 spiro atoms. The van der Waals surface area contributed by atoms with Gasteiger partial charge in [0.05, 0.1) is 18.2 Å². The molecule has 2 aromatic rings. The summed E-state index contributed by atoms with van der Waals surface area (Å²) in [5.41, 5.74) is 0.300. The highest BCUT2D eigenvalue weighted by Crippen LogP contribution is 2.28. The van der Waals surface area contributed by atoms with Crippen LogP contribution in [0.2, 0.25) is 10.0 Å². The van der Waals surface area contributed by atoms with Gasteiger partial charge in [0.15, 0.2) is 0 Å². The van der Waals surface area contributed by atoms with Crippen LogP contribution in [0.15, 0.2) is 35.5 Å². The summed E-state index contributed by atoms with van der Waals surface area (Å²) < 4.78 is 28.5. The first-order chi connectivity index (χ1) is 9.94. The summed E-state index contributed by atoms with van der Waals surface area (Å²) >= 11 is 11.8. The first kappa shape index (κ1) is 16.3. The molecule has 2 N–H and O–H groups in total. The van der Waals surface area contributed by atoms with Gasteiger partial charge >= 0.3 is 0 Å². The van der Waals surface area contributed by atoms with Crippen molar-refractivity contribution in [2.75, 3.05) is 6.54 Å². The van der Waals surface area contributed by atoms with Gasteiger partial charge in [-0.1, -0.05) is 23.2 Å². The fraction of sp³-hybridized carbons (Fsp3) is 0.250. The minimum atomic E-state index is -3.79. The smallest absolute Gasteiger partial charge is 0.242 e. The van der Waals surface area contributed by atoms with Crippen molar-refractivity contribution in [3.63, 3.8) is 0 Å². The standard InChI is InChI=1S/C12H13Cl2N3O3S/c13-10-7-11(14)12(6-9(10)8-18)21(19,20)16-3-5-17-4-1-2-15-17/h1-2,4,6-7,16,18H,3,5,8H2. The third kappa shape index (κ3) is 3.96. The molecule has 2 rings (SSSR count). The number of hydrogen-bond acceptors (Lipinski definition) is 4. The molecular weight excluding hydrogens is 337 g/mol. The minimum absolute atomic E-state index is 0.00351. The summed E-state index contributed by atoms with van der Waals surface area (Å²) in [5, 5.41) is 13.3. The highest BCUT2D eigenvalue weighted by Gasteiger charge is 2.19. The Balaban J connectivity index is 2.15. The number of rotatable bonds is 6. The van der Waals surface area contributed by atoms with Gasteiger partial charge in [-0.05, 0) is 23.8 Å². The van der Waals surface area contributed by atoms with Crippen LogP contribution >= 0.6 is 23.2 Å². The maximum Gasteiger partial charge on any atom is 0.242 e. The normalized spacial score (nSPS) is 11.8. The van der Waals surface area contributed by atoms with Crippen LogP contribution in [0.4, 0.5) is 0 Å². The number of sulfonamides is 1. The molecule has 0 atom stereocenters. The van der Waals surface area contributed by atoms with Gasteiger partial charge in [-0.15, -0.1) is 0 Å². The van der Waals surface area contributed by atoms with E-state index >= 15 is 0 Å². The van der Waals surface area contributed by atoms with Crippen LogP contribution in [0.25, 0.3) is 0 Å². The number of nitrogens with one attached hydrogen (secondary N) is 1. The van der Waals surface area contributed by atoms with E-state index in [1.807, 2.05) is 0 Å². The average Bonchev–Trinajstić information content (AvgIpc) is 2.91. The number of nitrogens with zero attached hydrogens (tertiary/aromatic N) is 2. The van der Waals surface area contributed by atoms with Crippen LogP contribution in [0.5, 0.6) is 0 Å². The maximum absolute atomic E-state index is 12.2. The predicted octanol–water partition coefficient (Wildman–Crippen LogP) is 1.66. The molecule has 6 nitrogen and oxygen atoms in total. The van der Waals surface area contributed by atoms with Crippen LogP contribution in [-0.4, -0.2) is 29.8 Å². The molecule has 0 aliphatic carbocycles. The van der Waals surface area contributed by atoms with E-state index in [1.165, 1.54) is 12.1 Å². The second kappa shape index (κ2) is 6.76. The van der Waals surface area contributed by atoms with E-state index in [4.69, 9.17) is 28.3 Å². The van der Waals surface area contributed by atoms with Gasteiger partial charge in [-0.2, -0.15) is 5.10 Å². The highest BCUT2D eigenvalue weighted by atomic mass is 35.5. The summed E-state index contributed by atoms with van der Waals surface area (Å²) in [6.45, 7) is 0.188. The number of aliphatic hydroxyl groups is 1. The van der Waals surface area contributed by atoms with Gasteiger partial charge < -0.3 is 5.11 Å². The Kier molecular flexibility index (Phi) is 5.23. The summed E-state index contributed by atoms with van der Waals surface area (Å²) in [4.78, 5) is -0.113. The predicted molar refractivity (Wildman–Crippen MR) is 79.8 cm³/mol. The molecular formula is C12H13Cl2N3O3S. The van der Waals surface area contributed by atoms with Gasteiger partial charge in [0.1, 0.15) is 4.90 Å². The lowest BCUT2D eigenvalue weighted by atomic mass is 10.2. The molecule has 0 aliphatic heterocycles. The second-order valence-electron chi connectivity index (χ2n) is 4.20. The zero-order chi connectivity index (χ0) is 15.5. The number of hydrogen-bond donors (Lipinski definition) is 2. The van der Waals surface area contributed by atoms with Gasteiger partial charge in [0.25, 0.3) is 0 Å². The zero-order valence-electron chi connectivity index (χ0n) is 10.8. The molecule has 21 heavy (non-hydrogen) atoms. The summed E-state index contributed by atoms with van der Waals surface area (Å²) in [6.07, 6.45) is 3.34. The largest absolute Gasteiger partial charge is 0.392 e. The molecule has 0 saturated carbocycles. The van der Waals surface area contributed by atoms with Gasteiger partial charge in [-0.25, -0.2) is 13.1 Å². The number of halogens is 2. The van der Waals surface area contributed by atoms with Crippen molar-refractivity contribution in [1.82, 2.24) is 14.5 Å². The Hall–Kier alpha value is -1.12. The molecule has 0 bridgehead atoms. The van der Waals surface area contributed by atoms with E-state index in [-0.39, 0.29) is 28.1 Å². The molecule has 0 amide bonds. The SMILES string of the molecule is O=S(=O)(NCCn1cccn1)c1cc(CO)c(Cl)cc1Cl. The van der Waals surface area contributed by atoms with Gasteiger partial charge in [-0.3, -0.25) is 4.68 Å². The summed E-state index contributed by atoms with van der Waals surface area (Å²) in [5.74, 6) is 0. The van der Waals surface area contributed by atoms with Crippen molar-refractivity contribution in [3.05, 3.63) is 46.2 Å². The average molecular weight is 350 g/mol. The second-order valence-corrected chi connectivity index (χ2v) is 6.75. The summed E-state index contributed by atoms with van der Waals surface area (Å²) in [6, 6.07) is 4.32. The van der Waals surface area contributed by atoms with Crippen molar-refractivity contribution in [3.8, 4) is 0 Å². The zero-order valence-corrected chi connectivity index (χ0v) is 13.2. The molecule has 0 fully saturated rings. The molecule has 0 saturated heterocycles. The molecule has 0 unspecified atom stereocenters. The van der Waals surface area contributed by atoms with Gasteiger partial charge in [0, 0.05) is 24.0 Å². The van der Waals surface area contributed by atoms with E-state index in [1.54, 1.807) is 23.1 Å². The van der Waals surface area contributed by atoms with Crippen molar-refractivity contribution >= 4 is 33.2 Å². The van der Waals surface area contributed by atoms with Crippen molar-refractivity contribution < 1.29 is 13.5 Å². The number of aromatic nitrogens is 2. The molecule has 1 aromatic carbocycles. The fourth-order valence-electron chi connectivity index (χ4n) is 1.70. The molecule has 1 aromatic heterocycles. The molecule has 0 aliphatic rings. The molecule has 114 valence electrons. The van der Waals surface area contributed by atoms with Crippen LogP contribution in [0.3, 0.4) is 0 Å². The monoisotopic (exact) mass is 349 g/mol. The number of aliphatic hydroxyl groups excluding tert-OH is 1. The van der Waals surface area contributed by atoms with E-state index in [9.17, 15) is 8.42 Å². The lowest BCUT2D eigenvalue weighted by molar-refractivity contribution is 0.281. The fourth-order valence-corrected chi connectivity index (χ4v) is 3.58. The van der Waals surface area contributed by atoms with E-state index in [0.717, 1.165) is 0 Å². The molecule has 0 radical (unpaired) electrons. The van der Waals surface area contributed by atoms with E-state index in [2.05, 4.69) is 9.82 Å². The first-order valence-corrected chi connectivity index (χ1v) is 8.24. The minimum Gasteiger partial charge on any atom is -0.392 e. The highest BCUT2D eigenvalue weighted by molar-refractivity contribution is 7.89. The van der Waals surface area contributed by atoms with Crippen molar-refractivity contribution in [1.29, 1.82) is 0 Å². The number of benzene rings is 1. The first-order valence-electron chi connectivity index (χ1n) is 6.00. The topological polar surface area (TPSA) is 84.2 Å². The van der Waals surface area contributed by atoms with Crippen molar-refractivity contribution in [2.45, 2.75) is 18.0 Å². The lowest BCUT2D eigenvalue weighted by Crippen LogP contribution is -2.28.